The van der Waals surface area contributed by atoms with Gasteiger partial charge in [0.1, 0.15) is 11.5 Å². The lowest BCUT2D eigenvalue weighted by atomic mass is 9.97. The Hall–Kier alpha value is -2.24. The first-order chi connectivity index (χ1) is 11.4. The summed E-state index contributed by atoms with van der Waals surface area (Å²) >= 11 is 0. The monoisotopic (exact) mass is 337 g/mol. The Morgan fingerprint density at radius 1 is 1.29 bits per heavy atom. The maximum absolute atomic E-state index is 12.4. The molecule has 24 heavy (non-hydrogen) atoms. The number of rotatable bonds is 10. The minimum Gasteiger partial charge on any atom is -0.497 e. The van der Waals surface area contributed by atoms with Crippen molar-refractivity contribution in [2.45, 2.75) is 33.6 Å². The summed E-state index contributed by atoms with van der Waals surface area (Å²) in [6.07, 6.45) is 1.32. The van der Waals surface area contributed by atoms with E-state index >= 15 is 0 Å². The maximum atomic E-state index is 12.4. The quantitative estimate of drug-likeness (QED) is 0.685. The molecular formula is C18H27NO5. The number of carbonyl (C=O) groups is 2. The summed E-state index contributed by atoms with van der Waals surface area (Å²) < 4.78 is 10.8. The van der Waals surface area contributed by atoms with Crippen LogP contribution >= 0.6 is 0 Å². The highest BCUT2D eigenvalue weighted by atomic mass is 16.5. The third-order valence-electron chi connectivity index (χ3n) is 3.51. The molecule has 2 N–H and O–H groups in total. The SMILES string of the molecule is CCCOc1cc(OC)ccc1C(=O)NCC(CC(C)C)C(=O)O. The number of nitrogens with one attached hydrogen (secondary N) is 1. The molecule has 0 aliphatic rings. The second kappa shape index (κ2) is 9.80. The Kier molecular flexibility index (Phi) is 8.09. The van der Waals surface area contributed by atoms with Crippen molar-refractivity contribution in [1.82, 2.24) is 5.32 Å². The number of amides is 1. The van der Waals surface area contributed by atoms with E-state index in [1.54, 1.807) is 25.3 Å². The Balaban J connectivity index is 2.83. The van der Waals surface area contributed by atoms with Crippen LogP contribution in [0.5, 0.6) is 11.5 Å². The molecule has 1 aromatic rings. The number of carbonyl (C=O) groups excluding carboxylic acids is 1. The van der Waals surface area contributed by atoms with Crippen molar-refractivity contribution in [3.8, 4) is 11.5 Å². The summed E-state index contributed by atoms with van der Waals surface area (Å²) in [5, 5.41) is 12.0. The lowest BCUT2D eigenvalue weighted by molar-refractivity contribution is -0.142. The predicted octanol–water partition coefficient (Wildman–Crippen LogP) is 2.96. The van der Waals surface area contributed by atoms with E-state index in [1.165, 1.54) is 0 Å². The molecular weight excluding hydrogens is 310 g/mol. The molecule has 6 nitrogen and oxygen atoms in total. The molecule has 0 spiro atoms. The lowest BCUT2D eigenvalue weighted by Crippen LogP contribution is -2.33. The second-order valence-corrected chi connectivity index (χ2v) is 6.09. The van der Waals surface area contributed by atoms with E-state index in [1.807, 2.05) is 20.8 Å². The predicted molar refractivity (Wildman–Crippen MR) is 91.7 cm³/mol. The zero-order chi connectivity index (χ0) is 18.1. The van der Waals surface area contributed by atoms with Crippen LogP contribution in [0.15, 0.2) is 18.2 Å². The van der Waals surface area contributed by atoms with Gasteiger partial charge < -0.3 is 19.9 Å². The molecule has 0 saturated carbocycles. The highest BCUT2D eigenvalue weighted by molar-refractivity contribution is 5.97. The molecule has 0 saturated heterocycles. The molecule has 1 unspecified atom stereocenters. The molecule has 1 amide bonds. The standard InChI is InChI=1S/C18H27NO5/c1-5-8-24-16-10-14(23-4)6-7-15(16)17(20)19-11-13(18(21)22)9-12(2)3/h6-7,10,12-13H,5,8-9,11H2,1-4H3,(H,19,20)(H,21,22). The largest absolute Gasteiger partial charge is 0.497 e. The van der Waals surface area contributed by atoms with E-state index < -0.39 is 11.9 Å². The van der Waals surface area contributed by atoms with Crippen molar-refractivity contribution >= 4 is 11.9 Å². The third-order valence-corrected chi connectivity index (χ3v) is 3.51. The Bertz CT molecular complexity index is 556. The van der Waals surface area contributed by atoms with Crippen LogP contribution in [0.1, 0.15) is 44.0 Å². The Labute approximate surface area is 143 Å². The number of benzene rings is 1. The van der Waals surface area contributed by atoms with Crippen LogP contribution in [-0.4, -0.2) is 37.2 Å². The molecule has 134 valence electrons. The van der Waals surface area contributed by atoms with Crippen molar-refractivity contribution in [1.29, 1.82) is 0 Å². The second-order valence-electron chi connectivity index (χ2n) is 6.09. The van der Waals surface area contributed by atoms with Gasteiger partial charge in [0, 0.05) is 12.6 Å². The van der Waals surface area contributed by atoms with Crippen LogP contribution in [0, 0.1) is 11.8 Å². The first-order valence-electron chi connectivity index (χ1n) is 8.20. The minimum atomic E-state index is -0.902. The topological polar surface area (TPSA) is 84.9 Å². The normalized spacial score (nSPS) is 11.9. The summed E-state index contributed by atoms with van der Waals surface area (Å²) in [5.41, 5.74) is 0.373. The molecule has 0 heterocycles. The number of hydrogen-bond donors (Lipinski definition) is 2. The van der Waals surface area contributed by atoms with Gasteiger partial charge in [0.25, 0.3) is 5.91 Å². The van der Waals surface area contributed by atoms with Gasteiger partial charge in [-0.05, 0) is 30.9 Å². The van der Waals surface area contributed by atoms with E-state index in [4.69, 9.17) is 9.47 Å². The molecule has 0 aromatic heterocycles. The summed E-state index contributed by atoms with van der Waals surface area (Å²) in [4.78, 5) is 23.7. The summed E-state index contributed by atoms with van der Waals surface area (Å²) in [5.74, 6) is -0.579. The number of carboxylic acid groups (broad SMARTS) is 1. The van der Waals surface area contributed by atoms with E-state index in [-0.39, 0.29) is 18.4 Å². The molecule has 0 radical (unpaired) electrons. The highest BCUT2D eigenvalue weighted by Crippen LogP contribution is 2.25. The van der Waals surface area contributed by atoms with Crippen LogP contribution in [0.4, 0.5) is 0 Å². The van der Waals surface area contributed by atoms with E-state index in [0.29, 0.717) is 30.1 Å². The fraction of sp³-hybridized carbons (Fsp3) is 0.556. The average molecular weight is 337 g/mol. The maximum Gasteiger partial charge on any atom is 0.308 e. The van der Waals surface area contributed by atoms with Crippen LogP contribution in [0.2, 0.25) is 0 Å². The number of methoxy groups -OCH3 is 1. The van der Waals surface area contributed by atoms with Crippen molar-refractivity contribution in [3.05, 3.63) is 23.8 Å². The van der Waals surface area contributed by atoms with Crippen LogP contribution in [0.25, 0.3) is 0 Å². The average Bonchev–Trinajstić information content (AvgIpc) is 2.55. The number of hydrogen-bond acceptors (Lipinski definition) is 4. The highest BCUT2D eigenvalue weighted by Gasteiger charge is 2.21. The van der Waals surface area contributed by atoms with Crippen LogP contribution in [-0.2, 0) is 4.79 Å². The van der Waals surface area contributed by atoms with Gasteiger partial charge in [-0.1, -0.05) is 20.8 Å². The number of aliphatic carboxylic acids is 1. The number of carboxylic acids is 1. The lowest BCUT2D eigenvalue weighted by Gasteiger charge is -2.17. The summed E-state index contributed by atoms with van der Waals surface area (Å²) in [7, 11) is 1.54. The molecule has 1 atom stereocenters. The van der Waals surface area contributed by atoms with Crippen molar-refractivity contribution < 1.29 is 24.2 Å². The van der Waals surface area contributed by atoms with E-state index in [0.717, 1.165) is 6.42 Å². The van der Waals surface area contributed by atoms with Gasteiger partial charge in [-0.15, -0.1) is 0 Å². The smallest absolute Gasteiger partial charge is 0.308 e. The van der Waals surface area contributed by atoms with Gasteiger partial charge in [0.2, 0.25) is 0 Å². The van der Waals surface area contributed by atoms with Crippen LogP contribution in [0.3, 0.4) is 0 Å². The molecule has 0 fully saturated rings. The fourth-order valence-corrected chi connectivity index (χ4v) is 2.30. The van der Waals surface area contributed by atoms with Crippen molar-refractivity contribution in [2.24, 2.45) is 11.8 Å². The van der Waals surface area contributed by atoms with Gasteiger partial charge in [0.05, 0.1) is 25.2 Å². The zero-order valence-corrected chi connectivity index (χ0v) is 14.8. The molecule has 0 aliphatic heterocycles. The Morgan fingerprint density at radius 3 is 2.54 bits per heavy atom. The van der Waals surface area contributed by atoms with Crippen molar-refractivity contribution in [2.75, 3.05) is 20.3 Å². The van der Waals surface area contributed by atoms with Gasteiger partial charge in [-0.25, -0.2) is 0 Å². The van der Waals surface area contributed by atoms with Gasteiger partial charge >= 0.3 is 5.97 Å². The molecule has 0 bridgehead atoms. The number of ether oxygens (including phenoxy) is 2. The van der Waals surface area contributed by atoms with Gasteiger partial charge in [-0.2, -0.15) is 0 Å². The summed E-state index contributed by atoms with van der Waals surface area (Å²) in [6, 6.07) is 4.96. The van der Waals surface area contributed by atoms with Crippen molar-refractivity contribution in [3.63, 3.8) is 0 Å². The van der Waals surface area contributed by atoms with E-state index in [9.17, 15) is 14.7 Å². The molecule has 1 rings (SSSR count). The molecule has 6 heteroatoms. The molecule has 1 aromatic carbocycles. The van der Waals surface area contributed by atoms with Gasteiger partial charge in [0.15, 0.2) is 0 Å². The minimum absolute atomic E-state index is 0.0889. The summed E-state index contributed by atoms with van der Waals surface area (Å²) in [6.45, 7) is 6.46. The first kappa shape index (κ1) is 19.8. The first-order valence-corrected chi connectivity index (χ1v) is 8.20. The van der Waals surface area contributed by atoms with Crippen LogP contribution < -0.4 is 14.8 Å². The molecule has 0 aliphatic carbocycles. The zero-order valence-electron chi connectivity index (χ0n) is 14.8. The van der Waals surface area contributed by atoms with Gasteiger partial charge in [-0.3, -0.25) is 9.59 Å². The Morgan fingerprint density at radius 2 is 2.00 bits per heavy atom. The third kappa shape index (κ3) is 6.10. The fourth-order valence-electron chi connectivity index (χ4n) is 2.30. The van der Waals surface area contributed by atoms with E-state index in [2.05, 4.69) is 5.32 Å².